The van der Waals surface area contributed by atoms with Gasteiger partial charge >= 0.3 is 0 Å². The predicted molar refractivity (Wildman–Crippen MR) is 78.1 cm³/mol. The fourth-order valence-electron chi connectivity index (χ4n) is 2.24. The van der Waals surface area contributed by atoms with Crippen molar-refractivity contribution in [1.29, 1.82) is 0 Å². The zero-order valence-corrected chi connectivity index (χ0v) is 11.7. The van der Waals surface area contributed by atoms with Crippen LogP contribution in [0.4, 0.5) is 0 Å². The molecule has 2 aromatic heterocycles. The molecular weight excluding hydrogens is 256 g/mol. The number of nitrogens with one attached hydrogen (secondary N) is 1. The van der Waals surface area contributed by atoms with Crippen molar-refractivity contribution in [2.24, 2.45) is 0 Å². The zero-order chi connectivity index (χ0) is 13.1. The van der Waals surface area contributed by atoms with Crippen molar-refractivity contribution in [3.63, 3.8) is 0 Å². The van der Waals surface area contributed by atoms with Crippen LogP contribution < -0.4 is 5.32 Å². The molecular formula is C14H16N4S. The molecule has 0 saturated heterocycles. The molecule has 1 aromatic carbocycles. The molecule has 19 heavy (non-hydrogen) atoms. The first-order valence-electron chi connectivity index (χ1n) is 6.40. The summed E-state index contributed by atoms with van der Waals surface area (Å²) in [6.07, 6.45) is 1.90. The molecule has 0 aliphatic carbocycles. The summed E-state index contributed by atoms with van der Waals surface area (Å²) in [5, 5.41) is 3.43. The molecule has 0 atom stereocenters. The minimum Gasteiger partial charge on any atom is -0.327 e. The van der Waals surface area contributed by atoms with Crippen LogP contribution in [0, 0.1) is 0 Å². The Balaban J connectivity index is 1.76. The summed E-state index contributed by atoms with van der Waals surface area (Å²) in [7, 11) is 0. The van der Waals surface area contributed by atoms with Crippen molar-refractivity contribution in [2.45, 2.75) is 26.6 Å². The molecule has 5 heteroatoms. The van der Waals surface area contributed by atoms with Gasteiger partial charge in [0.1, 0.15) is 5.82 Å². The van der Waals surface area contributed by atoms with Crippen molar-refractivity contribution in [3.8, 4) is 0 Å². The van der Waals surface area contributed by atoms with Gasteiger partial charge in [-0.25, -0.2) is 4.98 Å². The van der Waals surface area contributed by atoms with Crippen molar-refractivity contribution >= 4 is 22.4 Å². The molecule has 0 aliphatic rings. The largest absolute Gasteiger partial charge is 0.327 e. The number of hydrogen-bond donors (Lipinski definition) is 1. The third-order valence-corrected chi connectivity index (χ3v) is 3.90. The second-order valence-corrected chi connectivity index (χ2v) is 5.30. The van der Waals surface area contributed by atoms with Gasteiger partial charge in [0.05, 0.1) is 23.1 Å². The highest BCUT2D eigenvalue weighted by Crippen LogP contribution is 2.16. The van der Waals surface area contributed by atoms with E-state index in [9.17, 15) is 0 Å². The number of rotatable bonds is 5. The first-order chi connectivity index (χ1) is 9.38. The minimum atomic E-state index is 0.778. The fraction of sp³-hybridized carbons (Fsp3) is 0.286. The van der Waals surface area contributed by atoms with E-state index in [0.717, 1.165) is 31.0 Å². The molecule has 1 N–H and O–H groups in total. The lowest BCUT2D eigenvalue weighted by atomic mass is 10.3. The number of hydrogen-bond acceptors (Lipinski definition) is 4. The number of benzene rings is 1. The highest BCUT2D eigenvalue weighted by Gasteiger charge is 2.08. The smallest absolute Gasteiger partial charge is 0.123 e. The second-order valence-electron chi connectivity index (χ2n) is 4.33. The van der Waals surface area contributed by atoms with Gasteiger partial charge < -0.3 is 9.88 Å². The van der Waals surface area contributed by atoms with Crippen LogP contribution in [0.1, 0.15) is 17.6 Å². The highest BCUT2D eigenvalue weighted by molar-refractivity contribution is 7.09. The Hall–Kier alpha value is -1.72. The maximum absolute atomic E-state index is 4.69. The van der Waals surface area contributed by atoms with Crippen molar-refractivity contribution in [1.82, 2.24) is 19.9 Å². The predicted octanol–water partition coefficient (Wildman–Crippen LogP) is 2.80. The highest BCUT2D eigenvalue weighted by atomic mass is 32.1. The topological polar surface area (TPSA) is 42.7 Å². The van der Waals surface area contributed by atoms with Crippen LogP contribution in [0.15, 0.2) is 36.0 Å². The van der Waals surface area contributed by atoms with E-state index in [1.54, 1.807) is 11.3 Å². The Morgan fingerprint density at radius 3 is 2.95 bits per heavy atom. The molecule has 3 aromatic rings. The van der Waals surface area contributed by atoms with Crippen molar-refractivity contribution < 1.29 is 0 Å². The Bertz CT molecular complexity index is 657. The van der Waals surface area contributed by atoms with E-state index in [-0.39, 0.29) is 0 Å². The van der Waals surface area contributed by atoms with Crippen LogP contribution in [0.3, 0.4) is 0 Å². The van der Waals surface area contributed by atoms with Crippen LogP contribution in [0.5, 0.6) is 0 Å². The zero-order valence-electron chi connectivity index (χ0n) is 10.8. The first kappa shape index (κ1) is 12.3. The van der Waals surface area contributed by atoms with Crippen molar-refractivity contribution in [3.05, 3.63) is 46.7 Å². The monoisotopic (exact) mass is 272 g/mol. The summed E-state index contributed by atoms with van der Waals surface area (Å²) in [6.45, 7) is 4.72. The van der Waals surface area contributed by atoms with Crippen LogP contribution in [0.25, 0.3) is 11.0 Å². The molecule has 3 rings (SSSR count). The third-order valence-electron chi connectivity index (χ3n) is 3.12. The Kier molecular flexibility index (Phi) is 3.57. The maximum Gasteiger partial charge on any atom is 0.123 e. The molecule has 0 aliphatic heterocycles. The van der Waals surface area contributed by atoms with Gasteiger partial charge in [-0.15, -0.1) is 11.3 Å². The minimum absolute atomic E-state index is 0.778. The lowest BCUT2D eigenvalue weighted by molar-refractivity contribution is 0.624. The average Bonchev–Trinajstić information content (AvgIpc) is 3.05. The van der Waals surface area contributed by atoms with E-state index in [0.29, 0.717) is 0 Å². The molecule has 0 fully saturated rings. The fourth-order valence-corrected chi connectivity index (χ4v) is 2.80. The number of para-hydroxylation sites is 2. The summed E-state index contributed by atoms with van der Waals surface area (Å²) in [4.78, 5) is 10.0. The van der Waals surface area contributed by atoms with E-state index in [4.69, 9.17) is 4.98 Å². The average molecular weight is 272 g/mol. The Morgan fingerprint density at radius 1 is 1.26 bits per heavy atom. The Morgan fingerprint density at radius 2 is 2.16 bits per heavy atom. The number of imidazole rings is 1. The van der Waals surface area contributed by atoms with Gasteiger partial charge in [-0.1, -0.05) is 12.1 Å². The van der Waals surface area contributed by atoms with Gasteiger partial charge in [-0.05, 0) is 19.1 Å². The van der Waals surface area contributed by atoms with E-state index in [1.807, 2.05) is 17.8 Å². The summed E-state index contributed by atoms with van der Waals surface area (Å²) < 4.78 is 2.26. The summed E-state index contributed by atoms with van der Waals surface area (Å²) in [5.74, 6) is 1.09. The molecule has 0 spiro atoms. The molecule has 0 amide bonds. The third kappa shape index (κ3) is 2.52. The number of fused-ring (bicyclic) bond motifs is 1. The van der Waals surface area contributed by atoms with Crippen LogP contribution in [-0.2, 0) is 19.6 Å². The van der Waals surface area contributed by atoms with E-state index < -0.39 is 0 Å². The normalized spacial score (nSPS) is 11.2. The summed E-state index contributed by atoms with van der Waals surface area (Å²) in [5.41, 5.74) is 4.14. The van der Waals surface area contributed by atoms with Crippen LogP contribution >= 0.6 is 11.3 Å². The molecule has 0 unspecified atom stereocenters. The Labute approximate surface area is 116 Å². The van der Waals surface area contributed by atoms with Gasteiger partial charge in [0, 0.05) is 24.2 Å². The quantitative estimate of drug-likeness (QED) is 0.776. The van der Waals surface area contributed by atoms with Gasteiger partial charge in [-0.2, -0.15) is 0 Å². The summed E-state index contributed by atoms with van der Waals surface area (Å²) in [6, 6.07) is 8.28. The van der Waals surface area contributed by atoms with Gasteiger partial charge in [-0.3, -0.25) is 4.98 Å². The molecule has 4 nitrogen and oxygen atoms in total. The lowest BCUT2D eigenvalue weighted by Gasteiger charge is -2.06. The first-order valence-corrected chi connectivity index (χ1v) is 7.28. The molecule has 98 valence electrons. The molecule has 0 saturated carbocycles. The number of aryl methyl sites for hydroxylation is 1. The van der Waals surface area contributed by atoms with E-state index >= 15 is 0 Å². The summed E-state index contributed by atoms with van der Waals surface area (Å²) >= 11 is 1.67. The molecule has 2 heterocycles. The lowest BCUT2D eigenvalue weighted by Crippen LogP contribution is -2.16. The number of thiazole rings is 1. The van der Waals surface area contributed by atoms with Crippen molar-refractivity contribution in [2.75, 3.05) is 0 Å². The van der Waals surface area contributed by atoms with E-state index in [1.165, 1.54) is 10.4 Å². The standard InChI is InChI=1S/C14H16N4S/c1-2-18-13-6-4-3-5-12(13)17-14(18)9-15-7-11-8-16-10-19-11/h3-6,8,10,15H,2,7,9H2,1H3. The van der Waals surface area contributed by atoms with Gasteiger partial charge in [0.15, 0.2) is 0 Å². The molecule has 0 radical (unpaired) electrons. The van der Waals surface area contributed by atoms with Crippen LogP contribution in [0.2, 0.25) is 0 Å². The van der Waals surface area contributed by atoms with E-state index in [2.05, 4.69) is 40.0 Å². The maximum atomic E-state index is 4.69. The number of nitrogens with zero attached hydrogens (tertiary/aromatic N) is 3. The SMILES string of the molecule is CCn1c(CNCc2cncs2)nc2ccccc21. The van der Waals surface area contributed by atoms with Crippen LogP contribution in [-0.4, -0.2) is 14.5 Å². The van der Waals surface area contributed by atoms with Gasteiger partial charge in [0.2, 0.25) is 0 Å². The number of aromatic nitrogens is 3. The second kappa shape index (κ2) is 5.50. The van der Waals surface area contributed by atoms with Gasteiger partial charge in [0.25, 0.3) is 0 Å². The molecule has 0 bridgehead atoms.